The van der Waals surface area contributed by atoms with Crippen LogP contribution >= 0.6 is 0 Å². The molecule has 0 bridgehead atoms. The van der Waals surface area contributed by atoms with E-state index in [1.54, 1.807) is 0 Å². The number of carbonyl (C=O) groups excluding carboxylic acids is 1. The van der Waals surface area contributed by atoms with Crippen molar-refractivity contribution in [3.63, 3.8) is 0 Å². The summed E-state index contributed by atoms with van der Waals surface area (Å²) in [5.41, 5.74) is -0.599. The number of halogens is 5. The quantitative estimate of drug-likeness (QED) is 0.430. The highest BCUT2D eigenvalue weighted by Gasteiger charge is 2.30. The van der Waals surface area contributed by atoms with Crippen LogP contribution in [0.3, 0.4) is 0 Å². The Balaban J connectivity index is 1.60. The molecule has 1 amide bonds. The molecule has 0 saturated carbocycles. The molecule has 0 saturated heterocycles. The monoisotopic (exact) mass is 425 g/mol. The van der Waals surface area contributed by atoms with E-state index in [-0.39, 0.29) is 23.7 Å². The van der Waals surface area contributed by atoms with Crippen molar-refractivity contribution in [3.05, 3.63) is 77.4 Å². The van der Waals surface area contributed by atoms with Crippen molar-refractivity contribution in [2.75, 3.05) is 5.32 Å². The highest BCUT2D eigenvalue weighted by Crippen LogP contribution is 2.30. The molecule has 3 rings (SSSR count). The maximum absolute atomic E-state index is 13.2. The number of hydrogen-bond donors (Lipinski definition) is 1. The number of rotatable bonds is 6. The molecule has 10 heteroatoms. The van der Waals surface area contributed by atoms with Crippen LogP contribution in [0.2, 0.25) is 0 Å². The van der Waals surface area contributed by atoms with Gasteiger partial charge in [-0.3, -0.25) is 9.48 Å². The Morgan fingerprint density at radius 3 is 2.60 bits per heavy atom. The lowest BCUT2D eigenvalue weighted by Crippen LogP contribution is -2.09. The van der Waals surface area contributed by atoms with Gasteiger partial charge in [0, 0.05) is 25.3 Å². The SMILES string of the molecule is CC(F)(F)c1ccc(Cn2ccc(NC(=O)/C=C\c3cccc(C(F)(F)F)c3)n2)o1. The molecule has 3 aromatic rings. The van der Waals surface area contributed by atoms with Crippen LogP contribution in [0.1, 0.15) is 29.6 Å². The standard InChI is InChI=1S/C20H16F5N3O2/c1-19(21,22)16-7-6-15(30-16)12-28-10-9-17(27-28)26-18(29)8-5-13-3-2-4-14(11-13)20(23,24)25/h2-11H,12H2,1H3,(H,26,27,29)/b8-5-. The molecule has 2 heterocycles. The number of nitrogens with zero attached hydrogens (tertiary/aromatic N) is 2. The van der Waals surface area contributed by atoms with E-state index in [1.165, 1.54) is 47.3 Å². The molecule has 5 nitrogen and oxygen atoms in total. The van der Waals surface area contributed by atoms with Crippen LogP contribution in [-0.2, 0) is 23.4 Å². The largest absolute Gasteiger partial charge is 0.458 e. The van der Waals surface area contributed by atoms with Crippen molar-refractivity contribution in [1.82, 2.24) is 9.78 Å². The van der Waals surface area contributed by atoms with Crippen LogP contribution in [0.5, 0.6) is 0 Å². The van der Waals surface area contributed by atoms with Gasteiger partial charge in [0.2, 0.25) is 5.91 Å². The van der Waals surface area contributed by atoms with Gasteiger partial charge >= 0.3 is 12.1 Å². The summed E-state index contributed by atoms with van der Waals surface area (Å²) >= 11 is 0. The third-order valence-electron chi connectivity index (χ3n) is 3.95. The molecule has 1 aromatic carbocycles. The van der Waals surface area contributed by atoms with Crippen LogP contribution in [0, 0.1) is 0 Å². The summed E-state index contributed by atoms with van der Waals surface area (Å²) in [6, 6.07) is 8.62. The fraction of sp³-hybridized carbons (Fsp3) is 0.200. The summed E-state index contributed by atoms with van der Waals surface area (Å²) in [7, 11) is 0. The average Bonchev–Trinajstić information content (AvgIpc) is 3.29. The fourth-order valence-electron chi connectivity index (χ4n) is 2.53. The molecule has 0 radical (unpaired) electrons. The minimum Gasteiger partial charge on any atom is -0.458 e. The van der Waals surface area contributed by atoms with Gasteiger partial charge in [-0.05, 0) is 35.9 Å². The molecule has 0 unspecified atom stereocenters. The highest BCUT2D eigenvalue weighted by atomic mass is 19.4. The van der Waals surface area contributed by atoms with Gasteiger partial charge in [-0.15, -0.1) is 0 Å². The molecular weight excluding hydrogens is 409 g/mol. The van der Waals surface area contributed by atoms with Crippen molar-refractivity contribution in [2.45, 2.75) is 25.6 Å². The summed E-state index contributed by atoms with van der Waals surface area (Å²) < 4.78 is 71.0. The summed E-state index contributed by atoms with van der Waals surface area (Å²) in [5.74, 6) is -3.70. The van der Waals surface area contributed by atoms with Crippen molar-refractivity contribution in [2.24, 2.45) is 0 Å². The molecule has 2 aromatic heterocycles. The van der Waals surface area contributed by atoms with E-state index in [0.717, 1.165) is 25.1 Å². The third kappa shape index (κ3) is 5.56. The maximum atomic E-state index is 13.2. The first-order chi connectivity index (χ1) is 14.0. The summed E-state index contributed by atoms with van der Waals surface area (Å²) in [4.78, 5) is 12.0. The normalized spacial score (nSPS) is 12.5. The van der Waals surface area contributed by atoms with Gasteiger partial charge in [0.1, 0.15) is 5.76 Å². The summed E-state index contributed by atoms with van der Waals surface area (Å²) in [5, 5.41) is 6.54. The minimum atomic E-state index is -4.47. The zero-order valence-corrected chi connectivity index (χ0v) is 15.6. The number of furan rings is 1. The molecule has 0 atom stereocenters. The zero-order chi connectivity index (χ0) is 21.9. The Morgan fingerprint density at radius 1 is 1.17 bits per heavy atom. The van der Waals surface area contributed by atoms with Gasteiger partial charge in [0.25, 0.3) is 0 Å². The summed E-state index contributed by atoms with van der Waals surface area (Å²) in [6.07, 6.45) is -0.632. The second-order valence-corrected chi connectivity index (χ2v) is 6.50. The number of alkyl halides is 5. The molecule has 0 aliphatic carbocycles. The predicted octanol–water partition coefficient (Wildman–Crippen LogP) is 5.31. The van der Waals surface area contributed by atoms with E-state index in [9.17, 15) is 26.7 Å². The number of benzene rings is 1. The Bertz CT molecular complexity index is 1060. The Morgan fingerprint density at radius 2 is 1.93 bits per heavy atom. The molecule has 0 aliphatic heterocycles. The minimum absolute atomic E-state index is 0.0754. The van der Waals surface area contributed by atoms with E-state index < -0.39 is 29.3 Å². The lowest BCUT2D eigenvalue weighted by atomic mass is 10.1. The molecule has 1 N–H and O–H groups in total. The average molecular weight is 425 g/mol. The maximum Gasteiger partial charge on any atom is 0.416 e. The zero-order valence-electron chi connectivity index (χ0n) is 15.6. The van der Waals surface area contributed by atoms with Gasteiger partial charge in [0.05, 0.1) is 12.1 Å². The molecule has 0 spiro atoms. The summed E-state index contributed by atoms with van der Waals surface area (Å²) in [6.45, 7) is 0.802. The van der Waals surface area contributed by atoms with Gasteiger partial charge in [-0.2, -0.15) is 27.1 Å². The van der Waals surface area contributed by atoms with Gasteiger partial charge in [-0.1, -0.05) is 12.1 Å². The van der Waals surface area contributed by atoms with E-state index in [4.69, 9.17) is 4.42 Å². The Hall–Kier alpha value is -3.43. The molecule has 0 aliphatic rings. The van der Waals surface area contributed by atoms with Crippen LogP contribution in [0.25, 0.3) is 6.08 Å². The first kappa shape index (κ1) is 21.3. The van der Waals surface area contributed by atoms with Crippen molar-refractivity contribution >= 4 is 17.8 Å². The number of carbonyl (C=O) groups is 1. The van der Waals surface area contributed by atoms with Crippen LogP contribution < -0.4 is 5.32 Å². The van der Waals surface area contributed by atoms with Gasteiger partial charge < -0.3 is 9.73 Å². The van der Waals surface area contributed by atoms with Crippen molar-refractivity contribution in [1.29, 1.82) is 0 Å². The number of amides is 1. The lowest BCUT2D eigenvalue weighted by molar-refractivity contribution is -0.137. The van der Waals surface area contributed by atoms with Crippen LogP contribution in [0.4, 0.5) is 27.8 Å². The predicted molar refractivity (Wildman–Crippen MR) is 98.7 cm³/mol. The second-order valence-electron chi connectivity index (χ2n) is 6.50. The fourth-order valence-corrected chi connectivity index (χ4v) is 2.53. The lowest BCUT2D eigenvalue weighted by Gasteiger charge is -2.06. The molecule has 0 fully saturated rings. The first-order valence-electron chi connectivity index (χ1n) is 8.67. The number of hydrogen-bond acceptors (Lipinski definition) is 3. The van der Waals surface area contributed by atoms with E-state index in [0.29, 0.717) is 0 Å². The molecular formula is C20H16F5N3O2. The molecule has 30 heavy (non-hydrogen) atoms. The molecule has 158 valence electrons. The van der Waals surface area contributed by atoms with Crippen molar-refractivity contribution < 1.29 is 31.2 Å². The van der Waals surface area contributed by atoms with Crippen LogP contribution in [0.15, 0.2) is 59.2 Å². The highest BCUT2D eigenvalue weighted by molar-refractivity contribution is 6.01. The second kappa shape index (κ2) is 8.13. The third-order valence-corrected chi connectivity index (χ3v) is 3.95. The van der Waals surface area contributed by atoms with Crippen LogP contribution in [-0.4, -0.2) is 15.7 Å². The number of anilines is 1. The van der Waals surface area contributed by atoms with E-state index >= 15 is 0 Å². The number of nitrogens with one attached hydrogen (secondary N) is 1. The Labute approximate surface area is 167 Å². The smallest absolute Gasteiger partial charge is 0.416 e. The van der Waals surface area contributed by atoms with E-state index in [1.807, 2.05) is 0 Å². The van der Waals surface area contributed by atoms with Crippen molar-refractivity contribution in [3.8, 4) is 0 Å². The van der Waals surface area contributed by atoms with Gasteiger partial charge in [-0.25, -0.2) is 0 Å². The van der Waals surface area contributed by atoms with Gasteiger partial charge in [0.15, 0.2) is 11.6 Å². The Kier molecular flexibility index (Phi) is 5.77. The van der Waals surface area contributed by atoms with E-state index in [2.05, 4.69) is 10.4 Å². The number of aromatic nitrogens is 2. The first-order valence-corrected chi connectivity index (χ1v) is 8.67. The topological polar surface area (TPSA) is 60.1 Å².